The van der Waals surface area contributed by atoms with Gasteiger partial charge in [-0.2, -0.15) is 4.98 Å². The Morgan fingerprint density at radius 2 is 2.20 bits per heavy atom. The fourth-order valence-electron chi connectivity index (χ4n) is 2.72. The second-order valence-electron chi connectivity index (χ2n) is 5.77. The fraction of sp³-hybridized carbons (Fsp3) is 0.533. The summed E-state index contributed by atoms with van der Waals surface area (Å²) in [5.41, 5.74) is 3.01. The number of nitrogens with one attached hydrogen (secondary N) is 1. The van der Waals surface area contributed by atoms with Crippen molar-refractivity contribution in [1.29, 1.82) is 0 Å². The highest BCUT2D eigenvalue weighted by atomic mass is 16.5. The summed E-state index contributed by atoms with van der Waals surface area (Å²) >= 11 is 0. The van der Waals surface area contributed by atoms with Crippen molar-refractivity contribution in [2.45, 2.75) is 39.7 Å². The van der Waals surface area contributed by atoms with E-state index in [1.54, 1.807) is 0 Å². The van der Waals surface area contributed by atoms with Crippen molar-refractivity contribution < 1.29 is 4.52 Å². The molecule has 0 aliphatic carbocycles. The van der Waals surface area contributed by atoms with Crippen LogP contribution in [0.4, 0.5) is 0 Å². The van der Waals surface area contributed by atoms with E-state index in [2.05, 4.69) is 33.4 Å². The van der Waals surface area contributed by atoms with E-state index in [9.17, 15) is 0 Å². The third-order valence-electron chi connectivity index (χ3n) is 3.83. The minimum Gasteiger partial charge on any atom is -0.337 e. The Hall–Kier alpha value is -1.75. The molecule has 0 radical (unpaired) electrons. The standard InChI is InChI=1S/C15H20N4O/c1-9-4-5-16-12(7-9)15-18-14(19-20-15)13-11(3)6-10(2)8-17-13/h6,8-9,12,16H,4-5,7H2,1-3H3. The van der Waals surface area contributed by atoms with E-state index in [1.807, 2.05) is 20.0 Å². The van der Waals surface area contributed by atoms with Gasteiger partial charge in [0, 0.05) is 6.20 Å². The van der Waals surface area contributed by atoms with Crippen LogP contribution in [-0.2, 0) is 0 Å². The molecule has 20 heavy (non-hydrogen) atoms. The van der Waals surface area contributed by atoms with Gasteiger partial charge in [0.05, 0.1) is 6.04 Å². The first-order valence-electron chi connectivity index (χ1n) is 7.14. The van der Waals surface area contributed by atoms with Gasteiger partial charge in [-0.3, -0.25) is 4.98 Å². The average molecular weight is 272 g/mol. The first-order valence-corrected chi connectivity index (χ1v) is 7.14. The van der Waals surface area contributed by atoms with Crippen LogP contribution in [-0.4, -0.2) is 21.7 Å². The number of hydrogen-bond acceptors (Lipinski definition) is 5. The lowest BCUT2D eigenvalue weighted by Gasteiger charge is -2.25. The Morgan fingerprint density at radius 1 is 1.35 bits per heavy atom. The lowest BCUT2D eigenvalue weighted by Crippen LogP contribution is -2.30. The summed E-state index contributed by atoms with van der Waals surface area (Å²) in [5, 5.41) is 7.53. The molecule has 3 heterocycles. The van der Waals surface area contributed by atoms with E-state index >= 15 is 0 Å². The molecule has 5 heteroatoms. The number of rotatable bonds is 2. The molecule has 106 valence electrons. The Bertz CT molecular complexity index is 608. The van der Waals surface area contributed by atoms with E-state index in [1.165, 1.54) is 6.42 Å². The van der Waals surface area contributed by atoms with Gasteiger partial charge in [-0.1, -0.05) is 18.1 Å². The molecule has 1 fully saturated rings. The third kappa shape index (κ3) is 2.58. The van der Waals surface area contributed by atoms with Gasteiger partial charge in [0.1, 0.15) is 5.69 Å². The molecular formula is C15H20N4O. The maximum Gasteiger partial charge on any atom is 0.244 e. The zero-order chi connectivity index (χ0) is 14.1. The molecule has 2 unspecified atom stereocenters. The van der Waals surface area contributed by atoms with Crippen LogP contribution in [0, 0.1) is 19.8 Å². The second kappa shape index (κ2) is 5.32. The van der Waals surface area contributed by atoms with Crippen molar-refractivity contribution in [2.75, 3.05) is 6.54 Å². The molecule has 5 nitrogen and oxygen atoms in total. The quantitative estimate of drug-likeness (QED) is 0.910. The minimum absolute atomic E-state index is 0.172. The van der Waals surface area contributed by atoms with Gasteiger partial charge in [0.2, 0.25) is 11.7 Å². The molecule has 1 saturated heterocycles. The number of piperidine rings is 1. The van der Waals surface area contributed by atoms with Gasteiger partial charge in [-0.15, -0.1) is 0 Å². The molecule has 1 aliphatic rings. The maximum atomic E-state index is 5.43. The number of aryl methyl sites for hydroxylation is 2. The molecule has 2 aromatic rings. The Morgan fingerprint density at radius 3 is 2.95 bits per heavy atom. The zero-order valence-corrected chi connectivity index (χ0v) is 12.2. The van der Waals surface area contributed by atoms with Crippen molar-refractivity contribution in [3.8, 4) is 11.5 Å². The maximum absolute atomic E-state index is 5.43. The molecule has 1 N–H and O–H groups in total. The van der Waals surface area contributed by atoms with Crippen LogP contribution in [0.3, 0.4) is 0 Å². The van der Waals surface area contributed by atoms with E-state index in [-0.39, 0.29) is 6.04 Å². The van der Waals surface area contributed by atoms with Crippen LogP contribution in [0.5, 0.6) is 0 Å². The normalized spacial score (nSPS) is 22.9. The Kier molecular flexibility index (Phi) is 3.53. The number of pyridine rings is 1. The molecule has 0 bridgehead atoms. The van der Waals surface area contributed by atoms with E-state index < -0.39 is 0 Å². The van der Waals surface area contributed by atoms with Crippen molar-refractivity contribution in [3.63, 3.8) is 0 Å². The van der Waals surface area contributed by atoms with Crippen molar-refractivity contribution in [3.05, 3.63) is 29.3 Å². The van der Waals surface area contributed by atoms with E-state index in [0.29, 0.717) is 17.6 Å². The summed E-state index contributed by atoms with van der Waals surface area (Å²) in [6.07, 6.45) is 4.08. The van der Waals surface area contributed by atoms with Crippen molar-refractivity contribution in [1.82, 2.24) is 20.4 Å². The Labute approximate surface area is 118 Å². The van der Waals surface area contributed by atoms with Gasteiger partial charge in [-0.25, -0.2) is 0 Å². The van der Waals surface area contributed by atoms with E-state index in [0.717, 1.165) is 29.8 Å². The molecule has 0 saturated carbocycles. The van der Waals surface area contributed by atoms with Gasteiger partial charge in [0.15, 0.2) is 0 Å². The first kappa shape index (κ1) is 13.2. The minimum atomic E-state index is 0.172. The lowest BCUT2D eigenvalue weighted by atomic mass is 9.94. The zero-order valence-electron chi connectivity index (χ0n) is 12.2. The topological polar surface area (TPSA) is 63.8 Å². The third-order valence-corrected chi connectivity index (χ3v) is 3.83. The summed E-state index contributed by atoms with van der Waals surface area (Å²) in [6.45, 7) is 7.31. The van der Waals surface area contributed by atoms with Gasteiger partial charge in [-0.05, 0) is 50.3 Å². The summed E-state index contributed by atoms with van der Waals surface area (Å²) < 4.78 is 5.43. The number of aromatic nitrogens is 3. The highest BCUT2D eigenvalue weighted by Crippen LogP contribution is 2.27. The predicted octanol–water partition coefficient (Wildman–Crippen LogP) is 2.81. The number of hydrogen-bond donors (Lipinski definition) is 1. The van der Waals surface area contributed by atoms with Crippen LogP contribution >= 0.6 is 0 Å². The first-order chi connectivity index (χ1) is 9.63. The predicted molar refractivity (Wildman–Crippen MR) is 76.1 cm³/mol. The monoisotopic (exact) mass is 272 g/mol. The molecule has 1 aliphatic heterocycles. The summed E-state index contributed by atoms with van der Waals surface area (Å²) in [7, 11) is 0. The molecule has 2 aromatic heterocycles. The number of nitrogens with zero attached hydrogens (tertiary/aromatic N) is 3. The summed E-state index contributed by atoms with van der Waals surface area (Å²) in [6, 6.07) is 2.25. The van der Waals surface area contributed by atoms with E-state index in [4.69, 9.17) is 4.52 Å². The fourth-order valence-corrected chi connectivity index (χ4v) is 2.72. The smallest absolute Gasteiger partial charge is 0.244 e. The SMILES string of the molecule is Cc1cnc(-c2noc(C3CC(C)CCN3)n2)c(C)c1. The molecule has 0 amide bonds. The summed E-state index contributed by atoms with van der Waals surface area (Å²) in [5.74, 6) is 1.95. The van der Waals surface area contributed by atoms with Crippen LogP contribution < -0.4 is 5.32 Å². The molecule has 3 rings (SSSR count). The van der Waals surface area contributed by atoms with Crippen molar-refractivity contribution >= 4 is 0 Å². The lowest BCUT2D eigenvalue weighted by molar-refractivity contribution is 0.260. The van der Waals surface area contributed by atoms with Gasteiger partial charge in [0.25, 0.3) is 0 Å². The van der Waals surface area contributed by atoms with Crippen molar-refractivity contribution in [2.24, 2.45) is 5.92 Å². The van der Waals surface area contributed by atoms with Crippen LogP contribution in [0.2, 0.25) is 0 Å². The molecular weight excluding hydrogens is 252 g/mol. The Balaban J connectivity index is 1.86. The van der Waals surface area contributed by atoms with Crippen LogP contribution in [0.25, 0.3) is 11.5 Å². The van der Waals surface area contributed by atoms with Gasteiger partial charge >= 0.3 is 0 Å². The van der Waals surface area contributed by atoms with Crippen LogP contribution in [0.15, 0.2) is 16.8 Å². The second-order valence-corrected chi connectivity index (χ2v) is 5.77. The highest BCUT2D eigenvalue weighted by Gasteiger charge is 2.25. The molecule has 0 spiro atoms. The van der Waals surface area contributed by atoms with Crippen LogP contribution in [0.1, 0.15) is 42.8 Å². The van der Waals surface area contributed by atoms with Gasteiger partial charge < -0.3 is 9.84 Å². The molecule has 0 aromatic carbocycles. The summed E-state index contributed by atoms with van der Waals surface area (Å²) in [4.78, 5) is 8.94. The average Bonchev–Trinajstić information content (AvgIpc) is 2.88. The highest BCUT2D eigenvalue weighted by molar-refractivity contribution is 5.54. The largest absolute Gasteiger partial charge is 0.337 e. The molecule has 2 atom stereocenters.